The van der Waals surface area contributed by atoms with Gasteiger partial charge in [0.15, 0.2) is 0 Å². The highest BCUT2D eigenvalue weighted by molar-refractivity contribution is 5.59. The molecule has 1 aromatic rings. The highest BCUT2D eigenvalue weighted by Crippen LogP contribution is 2.28. The topological polar surface area (TPSA) is 87.4 Å². The fourth-order valence-electron chi connectivity index (χ4n) is 2.43. The van der Waals surface area contributed by atoms with Crippen molar-refractivity contribution in [2.75, 3.05) is 43.9 Å². The Morgan fingerprint density at radius 2 is 2.30 bits per heavy atom. The van der Waals surface area contributed by atoms with Crippen molar-refractivity contribution in [3.05, 3.63) is 16.3 Å². The summed E-state index contributed by atoms with van der Waals surface area (Å²) in [6.45, 7) is 4.47. The summed E-state index contributed by atoms with van der Waals surface area (Å²) in [4.78, 5) is 23.2. The van der Waals surface area contributed by atoms with Crippen LogP contribution in [-0.4, -0.2) is 59.6 Å². The van der Waals surface area contributed by atoms with Gasteiger partial charge in [-0.25, -0.2) is 4.98 Å². The zero-order valence-electron chi connectivity index (χ0n) is 12.0. The molecule has 0 spiro atoms. The SMILES string of the molecule is CCC1CN(c2nc(NC)ncc2[N+](=O)[O-])CCN1C. The van der Waals surface area contributed by atoms with Gasteiger partial charge in [-0.15, -0.1) is 0 Å². The first-order valence-electron chi connectivity index (χ1n) is 6.71. The summed E-state index contributed by atoms with van der Waals surface area (Å²) in [5.41, 5.74) is -0.0385. The van der Waals surface area contributed by atoms with Crippen LogP contribution in [0.4, 0.5) is 17.5 Å². The third-order valence-corrected chi connectivity index (χ3v) is 3.72. The van der Waals surface area contributed by atoms with Crippen LogP contribution >= 0.6 is 0 Å². The Morgan fingerprint density at radius 3 is 2.90 bits per heavy atom. The Balaban J connectivity index is 2.32. The van der Waals surface area contributed by atoms with Gasteiger partial charge in [0.25, 0.3) is 0 Å². The number of likely N-dealkylation sites (N-methyl/N-ethyl adjacent to an activating group) is 1. The number of hydrogen-bond acceptors (Lipinski definition) is 7. The number of nitrogens with zero attached hydrogens (tertiary/aromatic N) is 5. The Morgan fingerprint density at radius 1 is 1.55 bits per heavy atom. The van der Waals surface area contributed by atoms with E-state index in [0.29, 0.717) is 17.8 Å². The molecule has 1 aliphatic heterocycles. The fraction of sp³-hybridized carbons (Fsp3) is 0.667. The van der Waals surface area contributed by atoms with Crippen LogP contribution in [0.3, 0.4) is 0 Å². The molecule has 1 saturated heterocycles. The van der Waals surface area contributed by atoms with E-state index in [4.69, 9.17) is 0 Å². The average Bonchev–Trinajstić information content (AvgIpc) is 2.47. The molecule has 0 bridgehead atoms. The molecular formula is C12H20N6O2. The standard InChI is InChI=1S/C12H20N6O2/c1-4-9-8-17(6-5-16(9)3)11-10(18(19)20)7-14-12(13-2)15-11/h7,9H,4-6,8H2,1-3H3,(H,13,14,15). The van der Waals surface area contributed by atoms with E-state index in [2.05, 4.69) is 34.2 Å². The summed E-state index contributed by atoms with van der Waals surface area (Å²) < 4.78 is 0. The van der Waals surface area contributed by atoms with Crippen molar-refractivity contribution in [2.24, 2.45) is 0 Å². The second-order valence-corrected chi connectivity index (χ2v) is 4.90. The zero-order valence-corrected chi connectivity index (χ0v) is 12.0. The average molecular weight is 280 g/mol. The molecule has 2 heterocycles. The van der Waals surface area contributed by atoms with Crippen LogP contribution in [0.2, 0.25) is 0 Å². The van der Waals surface area contributed by atoms with Gasteiger partial charge < -0.3 is 10.2 Å². The predicted molar refractivity (Wildman–Crippen MR) is 77.2 cm³/mol. The van der Waals surface area contributed by atoms with Gasteiger partial charge in [-0.2, -0.15) is 4.98 Å². The van der Waals surface area contributed by atoms with E-state index in [1.807, 2.05) is 4.90 Å². The Bertz CT molecular complexity index is 495. The van der Waals surface area contributed by atoms with Crippen molar-refractivity contribution >= 4 is 17.5 Å². The number of piperazine rings is 1. The largest absolute Gasteiger partial charge is 0.357 e. The van der Waals surface area contributed by atoms with E-state index in [1.165, 1.54) is 6.20 Å². The van der Waals surface area contributed by atoms with Crippen LogP contribution < -0.4 is 10.2 Å². The molecule has 0 radical (unpaired) electrons. The minimum absolute atomic E-state index is 0.0385. The number of nitro groups is 1. The van der Waals surface area contributed by atoms with E-state index in [1.54, 1.807) is 7.05 Å². The highest BCUT2D eigenvalue weighted by Gasteiger charge is 2.29. The maximum atomic E-state index is 11.1. The van der Waals surface area contributed by atoms with Crippen molar-refractivity contribution in [3.8, 4) is 0 Å². The Hall–Kier alpha value is -1.96. The van der Waals surface area contributed by atoms with Gasteiger partial charge in [0.2, 0.25) is 11.8 Å². The lowest BCUT2D eigenvalue weighted by atomic mass is 10.1. The van der Waals surface area contributed by atoms with Crippen LogP contribution in [0.1, 0.15) is 13.3 Å². The van der Waals surface area contributed by atoms with E-state index in [-0.39, 0.29) is 5.69 Å². The number of anilines is 2. The molecule has 1 unspecified atom stereocenters. The van der Waals surface area contributed by atoms with Crippen molar-refractivity contribution in [1.82, 2.24) is 14.9 Å². The molecule has 0 aliphatic carbocycles. The number of rotatable bonds is 4. The summed E-state index contributed by atoms with van der Waals surface area (Å²) in [6.07, 6.45) is 2.28. The summed E-state index contributed by atoms with van der Waals surface area (Å²) in [6, 6.07) is 0.386. The molecular weight excluding hydrogens is 260 g/mol. The van der Waals surface area contributed by atoms with Gasteiger partial charge in [-0.1, -0.05) is 6.92 Å². The smallest absolute Gasteiger partial charge is 0.329 e. The monoisotopic (exact) mass is 280 g/mol. The predicted octanol–water partition coefficient (Wildman–Crippen LogP) is 0.957. The zero-order chi connectivity index (χ0) is 14.7. The molecule has 20 heavy (non-hydrogen) atoms. The van der Waals surface area contributed by atoms with Gasteiger partial charge in [-0.05, 0) is 13.5 Å². The fourth-order valence-corrected chi connectivity index (χ4v) is 2.43. The Labute approximate surface area is 118 Å². The van der Waals surface area contributed by atoms with E-state index >= 15 is 0 Å². The molecule has 1 aromatic heterocycles. The van der Waals surface area contributed by atoms with E-state index in [0.717, 1.165) is 26.1 Å². The van der Waals surface area contributed by atoms with Gasteiger partial charge in [0.05, 0.1) is 4.92 Å². The first kappa shape index (κ1) is 14.4. The molecule has 1 atom stereocenters. The van der Waals surface area contributed by atoms with Crippen molar-refractivity contribution in [1.29, 1.82) is 0 Å². The van der Waals surface area contributed by atoms with Crippen LogP contribution in [0.15, 0.2) is 6.20 Å². The summed E-state index contributed by atoms with van der Waals surface area (Å²) in [5.74, 6) is 0.804. The van der Waals surface area contributed by atoms with Crippen LogP contribution in [-0.2, 0) is 0 Å². The van der Waals surface area contributed by atoms with E-state index in [9.17, 15) is 10.1 Å². The van der Waals surface area contributed by atoms with Crippen LogP contribution in [0.25, 0.3) is 0 Å². The van der Waals surface area contributed by atoms with Gasteiger partial charge in [0, 0.05) is 32.7 Å². The number of aromatic nitrogens is 2. The molecule has 1 aliphatic rings. The van der Waals surface area contributed by atoms with Gasteiger partial charge in [-0.3, -0.25) is 15.0 Å². The second-order valence-electron chi connectivity index (χ2n) is 4.90. The van der Waals surface area contributed by atoms with Crippen LogP contribution in [0, 0.1) is 10.1 Å². The number of nitrogens with one attached hydrogen (secondary N) is 1. The lowest BCUT2D eigenvalue weighted by Gasteiger charge is -2.39. The van der Waals surface area contributed by atoms with Crippen molar-refractivity contribution < 1.29 is 4.92 Å². The summed E-state index contributed by atoms with van der Waals surface area (Å²) >= 11 is 0. The van der Waals surface area contributed by atoms with Crippen molar-refractivity contribution in [2.45, 2.75) is 19.4 Å². The minimum Gasteiger partial charge on any atom is -0.357 e. The van der Waals surface area contributed by atoms with Crippen molar-refractivity contribution in [3.63, 3.8) is 0 Å². The number of hydrogen-bond donors (Lipinski definition) is 1. The second kappa shape index (κ2) is 6.00. The lowest BCUT2D eigenvalue weighted by Crippen LogP contribution is -2.51. The first-order valence-corrected chi connectivity index (χ1v) is 6.71. The molecule has 8 heteroatoms. The van der Waals surface area contributed by atoms with Gasteiger partial charge >= 0.3 is 5.69 Å². The normalized spacial score (nSPS) is 19.9. The molecule has 1 fully saturated rings. The molecule has 110 valence electrons. The summed E-state index contributed by atoms with van der Waals surface area (Å²) in [7, 11) is 3.78. The van der Waals surface area contributed by atoms with Gasteiger partial charge in [0.1, 0.15) is 6.20 Å². The maximum Gasteiger partial charge on any atom is 0.329 e. The minimum atomic E-state index is -0.423. The maximum absolute atomic E-state index is 11.1. The summed E-state index contributed by atoms with van der Waals surface area (Å²) in [5, 5.41) is 14.0. The molecule has 1 N–H and O–H groups in total. The quantitative estimate of drug-likeness (QED) is 0.649. The molecule has 0 aromatic carbocycles. The third kappa shape index (κ3) is 2.79. The Kier molecular flexibility index (Phi) is 4.33. The molecule has 0 amide bonds. The highest BCUT2D eigenvalue weighted by atomic mass is 16.6. The van der Waals surface area contributed by atoms with E-state index < -0.39 is 4.92 Å². The third-order valence-electron chi connectivity index (χ3n) is 3.72. The lowest BCUT2D eigenvalue weighted by molar-refractivity contribution is -0.384. The molecule has 0 saturated carbocycles. The first-order chi connectivity index (χ1) is 9.56. The molecule has 2 rings (SSSR count). The van der Waals surface area contributed by atoms with Crippen LogP contribution in [0.5, 0.6) is 0 Å². The molecule has 8 nitrogen and oxygen atoms in total.